The van der Waals surface area contributed by atoms with Gasteiger partial charge in [0.25, 0.3) is 5.91 Å². The Morgan fingerprint density at radius 2 is 1.94 bits per heavy atom. The van der Waals surface area contributed by atoms with Gasteiger partial charge in [0, 0.05) is 38.9 Å². The number of anilines is 1. The van der Waals surface area contributed by atoms with E-state index in [2.05, 4.69) is 37.7 Å². The van der Waals surface area contributed by atoms with Crippen LogP contribution in [0.25, 0.3) is 28.0 Å². The van der Waals surface area contributed by atoms with E-state index in [0.717, 1.165) is 35.1 Å². The number of nitrogens with one attached hydrogen (secondary N) is 3. The average Bonchev–Trinajstić information content (AvgIpc) is 3.52. The largest absolute Gasteiger partial charge is 0.365 e. The Hall–Kier alpha value is -4.31. The van der Waals surface area contributed by atoms with Crippen LogP contribution in [0.4, 0.5) is 5.82 Å². The summed E-state index contributed by atoms with van der Waals surface area (Å²) in [6.07, 6.45) is 5.13. The number of amides is 1. The fraction of sp³-hybridized carbons (Fsp3) is 0.208. The third-order valence-electron chi connectivity index (χ3n) is 5.98. The predicted molar refractivity (Wildman–Crippen MR) is 129 cm³/mol. The van der Waals surface area contributed by atoms with E-state index in [1.54, 1.807) is 23.3 Å². The molecule has 6 rings (SSSR count). The molecule has 10 heteroatoms. The monoisotopic (exact) mass is 453 g/mol. The minimum Gasteiger partial charge on any atom is -0.365 e. The summed E-state index contributed by atoms with van der Waals surface area (Å²) in [4.78, 5) is 36.4. The minimum atomic E-state index is -0.0349. The van der Waals surface area contributed by atoms with Crippen LogP contribution in [0.15, 0.2) is 61.2 Å². The molecule has 1 aromatic carbocycles. The predicted octanol–water partition coefficient (Wildman–Crippen LogP) is 2.35. The molecule has 0 atom stereocenters. The molecule has 1 fully saturated rings. The number of rotatable bonds is 5. The van der Waals surface area contributed by atoms with Crippen LogP contribution < -0.4 is 10.6 Å². The van der Waals surface area contributed by atoms with Crippen molar-refractivity contribution in [2.75, 3.05) is 31.5 Å². The molecular weight excluding hydrogens is 430 g/mol. The molecule has 1 amide bonds. The van der Waals surface area contributed by atoms with Crippen molar-refractivity contribution in [1.29, 1.82) is 0 Å². The molecule has 34 heavy (non-hydrogen) atoms. The van der Waals surface area contributed by atoms with Crippen molar-refractivity contribution in [2.24, 2.45) is 0 Å². The summed E-state index contributed by atoms with van der Waals surface area (Å²) < 4.78 is 1.80. The Morgan fingerprint density at radius 3 is 2.79 bits per heavy atom. The molecule has 0 spiro atoms. The Balaban J connectivity index is 1.43. The lowest BCUT2D eigenvalue weighted by atomic mass is 10.2. The van der Waals surface area contributed by atoms with E-state index in [0.29, 0.717) is 42.7 Å². The smallest absolute Gasteiger partial charge is 0.270 e. The van der Waals surface area contributed by atoms with Crippen molar-refractivity contribution in [3.8, 4) is 5.95 Å². The highest BCUT2D eigenvalue weighted by atomic mass is 16.2. The summed E-state index contributed by atoms with van der Waals surface area (Å²) in [6, 6.07) is 13.8. The molecular formula is C24H23N9O. The van der Waals surface area contributed by atoms with Crippen LogP contribution in [0.5, 0.6) is 0 Å². The second-order valence-electron chi connectivity index (χ2n) is 8.18. The number of imidazole rings is 1. The lowest BCUT2D eigenvalue weighted by Gasteiger charge is -2.26. The third-order valence-corrected chi connectivity index (χ3v) is 5.98. The lowest BCUT2D eigenvalue weighted by molar-refractivity contribution is 0.0731. The van der Waals surface area contributed by atoms with Gasteiger partial charge in [-0.25, -0.2) is 4.98 Å². The molecule has 10 nitrogen and oxygen atoms in total. The average molecular weight is 454 g/mol. The van der Waals surface area contributed by atoms with Crippen molar-refractivity contribution in [3.63, 3.8) is 0 Å². The Morgan fingerprint density at radius 1 is 1.09 bits per heavy atom. The first-order valence-electron chi connectivity index (χ1n) is 11.2. The topological polar surface area (TPSA) is 117 Å². The zero-order valence-corrected chi connectivity index (χ0v) is 18.4. The number of hydrogen-bond donors (Lipinski definition) is 3. The van der Waals surface area contributed by atoms with Crippen LogP contribution in [0.2, 0.25) is 0 Å². The summed E-state index contributed by atoms with van der Waals surface area (Å²) in [5.74, 6) is 1.05. The van der Waals surface area contributed by atoms with E-state index in [9.17, 15) is 4.79 Å². The first kappa shape index (κ1) is 20.3. The molecule has 1 saturated heterocycles. The molecule has 1 aliphatic heterocycles. The fourth-order valence-corrected chi connectivity index (χ4v) is 4.19. The van der Waals surface area contributed by atoms with Gasteiger partial charge in [-0.3, -0.25) is 14.3 Å². The minimum absolute atomic E-state index is 0.0349. The lowest BCUT2D eigenvalue weighted by Crippen LogP contribution is -2.46. The van der Waals surface area contributed by atoms with Crippen molar-refractivity contribution in [3.05, 3.63) is 72.4 Å². The highest BCUT2D eigenvalue weighted by Crippen LogP contribution is 2.25. The van der Waals surface area contributed by atoms with E-state index < -0.39 is 0 Å². The van der Waals surface area contributed by atoms with Gasteiger partial charge in [0.15, 0.2) is 0 Å². The highest BCUT2D eigenvalue weighted by molar-refractivity contribution is 6.00. The second kappa shape index (κ2) is 8.56. The number of benzene rings is 1. The van der Waals surface area contributed by atoms with Gasteiger partial charge >= 0.3 is 0 Å². The summed E-state index contributed by atoms with van der Waals surface area (Å²) in [5.41, 5.74) is 3.83. The number of hydrogen-bond acceptors (Lipinski definition) is 7. The first-order valence-corrected chi connectivity index (χ1v) is 11.2. The number of carbonyl (C=O) groups is 1. The molecule has 4 aromatic heterocycles. The molecule has 5 heterocycles. The Labute approximate surface area is 195 Å². The van der Waals surface area contributed by atoms with Crippen molar-refractivity contribution < 1.29 is 4.79 Å². The highest BCUT2D eigenvalue weighted by Gasteiger charge is 2.22. The summed E-state index contributed by atoms with van der Waals surface area (Å²) in [6.45, 7) is 3.53. The number of H-pyrrole nitrogens is 1. The summed E-state index contributed by atoms with van der Waals surface area (Å²) >= 11 is 0. The Kier molecular flexibility index (Phi) is 5.11. The van der Waals surface area contributed by atoms with E-state index >= 15 is 0 Å². The van der Waals surface area contributed by atoms with Crippen LogP contribution in [-0.2, 0) is 6.54 Å². The normalized spacial score (nSPS) is 14.1. The molecule has 3 N–H and O–H groups in total. The van der Waals surface area contributed by atoms with Gasteiger partial charge in [-0.15, -0.1) is 0 Å². The summed E-state index contributed by atoms with van der Waals surface area (Å²) in [7, 11) is 0. The molecule has 0 radical (unpaired) electrons. The fourth-order valence-electron chi connectivity index (χ4n) is 4.19. The van der Waals surface area contributed by atoms with Gasteiger partial charge in [-0.05, 0) is 17.7 Å². The first-order chi connectivity index (χ1) is 16.8. The Bertz CT molecular complexity index is 1470. The number of carbonyl (C=O) groups excluding carboxylic acids is 1. The van der Waals surface area contributed by atoms with Crippen LogP contribution >= 0.6 is 0 Å². The number of fused-ring (bicyclic) bond motifs is 2. The molecule has 0 unspecified atom stereocenters. The number of aromatic amines is 1. The molecule has 1 aliphatic rings. The van der Waals surface area contributed by atoms with Crippen LogP contribution in [0.3, 0.4) is 0 Å². The van der Waals surface area contributed by atoms with Gasteiger partial charge in [0.05, 0.1) is 22.6 Å². The third kappa shape index (κ3) is 3.73. The molecule has 0 saturated carbocycles. The second-order valence-corrected chi connectivity index (χ2v) is 8.18. The van der Waals surface area contributed by atoms with Gasteiger partial charge < -0.3 is 20.5 Å². The zero-order valence-electron chi connectivity index (χ0n) is 18.4. The van der Waals surface area contributed by atoms with Crippen molar-refractivity contribution in [2.45, 2.75) is 6.54 Å². The van der Waals surface area contributed by atoms with Crippen molar-refractivity contribution >= 4 is 33.8 Å². The van der Waals surface area contributed by atoms with Gasteiger partial charge in [-0.1, -0.05) is 30.3 Å². The van der Waals surface area contributed by atoms with E-state index in [-0.39, 0.29) is 5.91 Å². The van der Waals surface area contributed by atoms with Gasteiger partial charge in [0.1, 0.15) is 23.5 Å². The van der Waals surface area contributed by atoms with E-state index in [4.69, 9.17) is 9.97 Å². The van der Waals surface area contributed by atoms with Crippen LogP contribution in [0.1, 0.15) is 16.1 Å². The van der Waals surface area contributed by atoms with E-state index in [1.165, 1.54) is 0 Å². The number of nitrogens with zero attached hydrogens (tertiary/aromatic N) is 6. The maximum absolute atomic E-state index is 13.1. The molecule has 0 bridgehead atoms. The number of piperazine rings is 1. The van der Waals surface area contributed by atoms with Crippen molar-refractivity contribution in [1.82, 2.24) is 39.7 Å². The van der Waals surface area contributed by atoms with Gasteiger partial charge in [-0.2, -0.15) is 9.97 Å². The zero-order chi connectivity index (χ0) is 22.9. The van der Waals surface area contributed by atoms with Crippen LogP contribution in [0, 0.1) is 0 Å². The summed E-state index contributed by atoms with van der Waals surface area (Å²) in [5, 5.41) is 7.47. The number of pyridine rings is 1. The maximum atomic E-state index is 13.1. The quantitative estimate of drug-likeness (QED) is 0.374. The van der Waals surface area contributed by atoms with Crippen LogP contribution in [-0.4, -0.2) is 66.5 Å². The maximum Gasteiger partial charge on any atom is 0.270 e. The SMILES string of the molecule is O=C(c1cc2c(NCc3ccccc3)nc(-n3cnc4ccncc43)nc2[nH]1)N1CCNCC1. The number of aromatic nitrogens is 6. The van der Waals surface area contributed by atoms with E-state index in [1.807, 2.05) is 35.2 Å². The molecule has 5 aromatic rings. The standard InChI is InChI=1S/C24H23N9O/c34-23(32-10-8-25-9-11-32)19-12-17-21(27-13-16-4-2-1-3-5-16)30-24(31-22(17)29-19)33-15-28-18-6-7-26-14-20(18)33/h1-7,12,14-15,25H,8-11,13H2,(H2,27,29,30,31). The molecule has 170 valence electrons. The molecule has 0 aliphatic carbocycles. The van der Waals surface area contributed by atoms with Gasteiger partial charge in [0.2, 0.25) is 5.95 Å².